The van der Waals surface area contributed by atoms with E-state index in [4.69, 9.17) is 9.47 Å². The average Bonchev–Trinajstić information content (AvgIpc) is 2.69. The third-order valence-corrected chi connectivity index (χ3v) is 5.58. The van der Waals surface area contributed by atoms with E-state index in [2.05, 4.69) is 43.8 Å². The number of halogens is 2. The van der Waals surface area contributed by atoms with Gasteiger partial charge in [-0.15, -0.1) is 0 Å². The maximum atomic E-state index is 12.6. The second kappa shape index (κ2) is 11.1. The minimum absolute atomic E-state index is 0.0289. The van der Waals surface area contributed by atoms with Gasteiger partial charge in [0.05, 0.1) is 14.6 Å². The Balaban J connectivity index is 2.22. The molecule has 2 aromatic rings. The topological polar surface area (TPSA) is 88.4 Å². The highest BCUT2D eigenvalue weighted by Crippen LogP contribution is 2.33. The summed E-state index contributed by atoms with van der Waals surface area (Å²) >= 11 is 5.48. The largest absolute Gasteiger partial charge is 0.480 e. The highest BCUT2D eigenvalue weighted by molar-refractivity contribution is 14.1. The molecule has 2 rings (SSSR count). The number of nitrogens with one attached hydrogen (secondary N) is 1. The van der Waals surface area contributed by atoms with Crippen LogP contribution < -0.4 is 10.1 Å². The molecular formula is C22H20BrIN2O4. The van der Waals surface area contributed by atoms with E-state index in [9.17, 15) is 14.9 Å². The van der Waals surface area contributed by atoms with E-state index in [1.54, 1.807) is 25.1 Å². The number of amides is 1. The normalized spacial score (nSPS) is 10.9. The molecule has 0 atom stereocenters. The monoisotopic (exact) mass is 582 g/mol. The quantitative estimate of drug-likeness (QED) is 0.211. The van der Waals surface area contributed by atoms with Crippen LogP contribution in [0.1, 0.15) is 23.6 Å². The lowest BCUT2D eigenvalue weighted by Gasteiger charge is -2.11. The Labute approximate surface area is 197 Å². The third kappa shape index (κ3) is 6.31. The first-order valence-corrected chi connectivity index (χ1v) is 10.9. The van der Waals surface area contributed by atoms with Crippen molar-refractivity contribution in [2.45, 2.75) is 20.8 Å². The van der Waals surface area contributed by atoms with Crippen molar-refractivity contribution < 1.29 is 19.1 Å². The van der Waals surface area contributed by atoms with E-state index >= 15 is 0 Å². The molecule has 0 heterocycles. The van der Waals surface area contributed by atoms with Gasteiger partial charge in [0.15, 0.2) is 6.61 Å². The SMILES string of the molecule is CCOC(=O)COc1c(Br)cc(/C=C(\C#N)C(=O)Nc2cccc(C)c2C)cc1I. The van der Waals surface area contributed by atoms with Gasteiger partial charge >= 0.3 is 5.97 Å². The number of rotatable bonds is 7. The van der Waals surface area contributed by atoms with Crippen molar-refractivity contribution in [3.63, 3.8) is 0 Å². The van der Waals surface area contributed by atoms with Gasteiger partial charge in [0.1, 0.15) is 17.4 Å². The Hall–Kier alpha value is -2.38. The lowest BCUT2D eigenvalue weighted by atomic mass is 10.1. The third-order valence-electron chi connectivity index (χ3n) is 4.19. The minimum atomic E-state index is -0.486. The molecule has 0 aliphatic carbocycles. The smallest absolute Gasteiger partial charge is 0.344 e. The van der Waals surface area contributed by atoms with Gasteiger partial charge in [-0.25, -0.2) is 4.79 Å². The fraction of sp³-hybridized carbons (Fsp3) is 0.227. The van der Waals surface area contributed by atoms with Crippen LogP contribution in [0.25, 0.3) is 6.08 Å². The van der Waals surface area contributed by atoms with Crippen molar-refractivity contribution in [3.05, 3.63) is 60.6 Å². The Morgan fingerprint density at radius 2 is 2.03 bits per heavy atom. The summed E-state index contributed by atoms with van der Waals surface area (Å²) in [5, 5.41) is 12.3. The number of hydrogen-bond acceptors (Lipinski definition) is 5. The molecule has 2 aromatic carbocycles. The molecule has 6 nitrogen and oxygen atoms in total. The number of nitriles is 1. The van der Waals surface area contributed by atoms with Gasteiger partial charge in [-0.3, -0.25) is 4.79 Å². The molecule has 30 heavy (non-hydrogen) atoms. The summed E-state index contributed by atoms with van der Waals surface area (Å²) < 4.78 is 11.7. The number of benzene rings is 2. The molecule has 0 aliphatic heterocycles. The minimum Gasteiger partial charge on any atom is -0.480 e. The molecule has 0 saturated carbocycles. The van der Waals surface area contributed by atoms with Gasteiger partial charge in [0.2, 0.25) is 0 Å². The molecular weight excluding hydrogens is 563 g/mol. The molecule has 0 aromatic heterocycles. The van der Waals surface area contributed by atoms with Crippen molar-refractivity contribution in [1.82, 2.24) is 0 Å². The zero-order valence-corrected chi connectivity index (χ0v) is 20.5. The van der Waals surface area contributed by atoms with Crippen LogP contribution in [0.5, 0.6) is 5.75 Å². The van der Waals surface area contributed by atoms with Crippen LogP contribution in [-0.4, -0.2) is 25.1 Å². The van der Waals surface area contributed by atoms with Gasteiger partial charge in [0.25, 0.3) is 5.91 Å². The number of nitrogens with zero attached hydrogens (tertiary/aromatic N) is 1. The van der Waals surface area contributed by atoms with Crippen LogP contribution >= 0.6 is 38.5 Å². The van der Waals surface area contributed by atoms with E-state index < -0.39 is 11.9 Å². The van der Waals surface area contributed by atoms with Crippen molar-refractivity contribution in [1.29, 1.82) is 5.26 Å². The van der Waals surface area contributed by atoms with Gasteiger partial charge < -0.3 is 14.8 Å². The second-order valence-electron chi connectivity index (χ2n) is 6.28. The van der Waals surface area contributed by atoms with E-state index in [1.807, 2.05) is 32.0 Å². The number of carbonyl (C=O) groups excluding carboxylic acids is 2. The molecule has 8 heteroatoms. The van der Waals surface area contributed by atoms with Gasteiger partial charge in [0, 0.05) is 5.69 Å². The molecule has 0 fully saturated rings. The van der Waals surface area contributed by atoms with Gasteiger partial charge in [-0.2, -0.15) is 5.26 Å². The van der Waals surface area contributed by atoms with Crippen LogP contribution in [-0.2, 0) is 14.3 Å². The summed E-state index contributed by atoms with van der Waals surface area (Å²) in [6, 6.07) is 11.0. The predicted octanol–water partition coefficient (Wildman–Crippen LogP) is 5.16. The number of hydrogen-bond donors (Lipinski definition) is 1. The fourth-order valence-electron chi connectivity index (χ4n) is 2.53. The maximum Gasteiger partial charge on any atom is 0.344 e. The summed E-state index contributed by atoms with van der Waals surface area (Å²) in [6.45, 7) is 5.67. The summed E-state index contributed by atoms with van der Waals surface area (Å²) in [7, 11) is 0. The molecule has 0 bridgehead atoms. The zero-order valence-electron chi connectivity index (χ0n) is 16.7. The Bertz CT molecular complexity index is 1020. The van der Waals surface area contributed by atoms with Crippen LogP contribution in [0.4, 0.5) is 5.69 Å². The average molecular weight is 583 g/mol. The lowest BCUT2D eigenvalue weighted by Crippen LogP contribution is -2.15. The van der Waals surface area contributed by atoms with Crippen LogP contribution in [0.2, 0.25) is 0 Å². The fourth-order valence-corrected chi connectivity index (χ4v) is 4.29. The van der Waals surface area contributed by atoms with E-state index in [-0.39, 0.29) is 18.8 Å². The first kappa shape index (κ1) is 23.9. The maximum absolute atomic E-state index is 12.6. The number of ether oxygens (including phenoxy) is 2. The standard InChI is InChI=1S/C22H20BrIN2O4/c1-4-29-20(27)12-30-21-17(23)9-15(10-18(21)24)8-16(11-25)22(28)26-19-7-5-6-13(2)14(19)3/h5-10H,4,12H2,1-3H3,(H,26,28)/b16-8+. The predicted molar refractivity (Wildman–Crippen MR) is 127 cm³/mol. The molecule has 1 N–H and O–H groups in total. The zero-order chi connectivity index (χ0) is 22.3. The summed E-state index contributed by atoms with van der Waals surface area (Å²) in [6.07, 6.45) is 1.50. The van der Waals surface area contributed by atoms with E-state index in [0.29, 0.717) is 25.0 Å². The number of esters is 1. The molecule has 0 unspecified atom stereocenters. The highest BCUT2D eigenvalue weighted by atomic mass is 127. The van der Waals surface area contributed by atoms with Crippen LogP contribution in [0.3, 0.4) is 0 Å². The molecule has 0 spiro atoms. The Morgan fingerprint density at radius 3 is 2.67 bits per heavy atom. The highest BCUT2D eigenvalue weighted by Gasteiger charge is 2.14. The van der Waals surface area contributed by atoms with Gasteiger partial charge in [-0.1, -0.05) is 12.1 Å². The number of anilines is 1. The van der Waals surface area contributed by atoms with Crippen LogP contribution in [0.15, 0.2) is 40.4 Å². The molecule has 0 saturated heterocycles. The molecule has 1 amide bonds. The first-order valence-electron chi connectivity index (χ1n) is 9.03. The molecule has 0 radical (unpaired) electrons. The van der Waals surface area contributed by atoms with Crippen molar-refractivity contribution >= 4 is 62.2 Å². The van der Waals surface area contributed by atoms with E-state index in [0.717, 1.165) is 11.1 Å². The van der Waals surface area contributed by atoms with Crippen molar-refractivity contribution in [2.75, 3.05) is 18.5 Å². The summed E-state index contributed by atoms with van der Waals surface area (Å²) in [5.41, 5.74) is 3.27. The van der Waals surface area contributed by atoms with Crippen molar-refractivity contribution in [2.24, 2.45) is 0 Å². The molecule has 0 aliphatic rings. The Morgan fingerprint density at radius 1 is 1.30 bits per heavy atom. The van der Waals surface area contributed by atoms with Crippen LogP contribution in [0, 0.1) is 28.7 Å². The number of carbonyl (C=O) groups is 2. The lowest BCUT2D eigenvalue weighted by molar-refractivity contribution is -0.145. The Kier molecular flexibility index (Phi) is 8.87. The van der Waals surface area contributed by atoms with E-state index in [1.165, 1.54) is 6.08 Å². The first-order chi connectivity index (χ1) is 14.3. The van der Waals surface area contributed by atoms with Crippen molar-refractivity contribution in [3.8, 4) is 11.8 Å². The summed E-state index contributed by atoms with van der Waals surface area (Å²) in [5.74, 6) is -0.460. The molecule has 156 valence electrons. The summed E-state index contributed by atoms with van der Waals surface area (Å²) in [4.78, 5) is 24.1. The van der Waals surface area contributed by atoms with Gasteiger partial charge in [-0.05, 0) is 100 Å². The second-order valence-corrected chi connectivity index (χ2v) is 8.30. The number of aryl methyl sites for hydroxylation is 1.